The van der Waals surface area contributed by atoms with Crippen molar-refractivity contribution >= 4 is 10.8 Å². The van der Waals surface area contributed by atoms with E-state index in [1.54, 1.807) is 14.2 Å². The zero-order valence-corrected chi connectivity index (χ0v) is 17.3. The standard InChI is InChI=1S/C26H23NO3/c1-16-8-13-21-22(14-16)23-24(19-6-4-5-7-20(19)25(23)30-3)27(26(21)28)15-17-9-11-18(29-2)12-10-17/h4-14,25H,15H2,1-3H3. The van der Waals surface area contributed by atoms with E-state index in [1.165, 1.54) is 0 Å². The summed E-state index contributed by atoms with van der Waals surface area (Å²) in [5.74, 6) is 0.801. The fourth-order valence-electron chi connectivity index (χ4n) is 4.55. The van der Waals surface area contributed by atoms with Gasteiger partial charge in [-0.25, -0.2) is 0 Å². The molecule has 5 rings (SSSR count). The molecule has 0 saturated heterocycles. The zero-order chi connectivity index (χ0) is 20.8. The summed E-state index contributed by atoms with van der Waals surface area (Å²) in [4.78, 5) is 13.6. The lowest BCUT2D eigenvalue weighted by molar-refractivity contribution is 0.141. The second kappa shape index (κ2) is 7.15. The number of nitrogens with zero attached hydrogens (tertiary/aromatic N) is 1. The van der Waals surface area contributed by atoms with Gasteiger partial charge in [0.25, 0.3) is 5.56 Å². The van der Waals surface area contributed by atoms with Gasteiger partial charge in [0.15, 0.2) is 0 Å². The van der Waals surface area contributed by atoms with Crippen LogP contribution in [-0.2, 0) is 11.3 Å². The Bertz CT molecular complexity index is 1320. The van der Waals surface area contributed by atoms with Crippen LogP contribution in [-0.4, -0.2) is 18.8 Å². The maximum absolute atomic E-state index is 13.6. The summed E-state index contributed by atoms with van der Waals surface area (Å²) in [6.45, 7) is 2.54. The molecule has 1 aliphatic rings. The third-order valence-corrected chi connectivity index (χ3v) is 5.96. The second-order valence-electron chi connectivity index (χ2n) is 7.75. The van der Waals surface area contributed by atoms with Crippen molar-refractivity contribution in [2.45, 2.75) is 19.6 Å². The van der Waals surface area contributed by atoms with Gasteiger partial charge in [0, 0.05) is 23.6 Å². The summed E-state index contributed by atoms with van der Waals surface area (Å²) in [6.07, 6.45) is -0.191. The maximum atomic E-state index is 13.6. The fourth-order valence-corrected chi connectivity index (χ4v) is 4.55. The summed E-state index contributed by atoms with van der Waals surface area (Å²) >= 11 is 0. The largest absolute Gasteiger partial charge is 0.497 e. The van der Waals surface area contributed by atoms with Crippen LogP contribution in [0.3, 0.4) is 0 Å². The predicted octanol–water partition coefficient (Wildman–Crippen LogP) is 5.08. The number of rotatable bonds is 4. The number of ether oxygens (including phenoxy) is 2. The number of aromatic nitrogens is 1. The van der Waals surface area contributed by atoms with Crippen LogP contribution >= 0.6 is 0 Å². The van der Waals surface area contributed by atoms with Crippen molar-refractivity contribution in [3.63, 3.8) is 0 Å². The number of aryl methyl sites for hydroxylation is 1. The minimum Gasteiger partial charge on any atom is -0.497 e. The molecule has 0 amide bonds. The Balaban J connectivity index is 1.82. The van der Waals surface area contributed by atoms with Crippen molar-refractivity contribution in [3.05, 3.63) is 99.3 Å². The topological polar surface area (TPSA) is 40.5 Å². The van der Waals surface area contributed by atoms with Gasteiger partial charge in [0.2, 0.25) is 0 Å². The van der Waals surface area contributed by atoms with Crippen molar-refractivity contribution in [2.75, 3.05) is 14.2 Å². The van der Waals surface area contributed by atoms with Gasteiger partial charge in [0.1, 0.15) is 11.9 Å². The molecule has 1 unspecified atom stereocenters. The Kier molecular flexibility index (Phi) is 4.44. The van der Waals surface area contributed by atoms with Gasteiger partial charge in [-0.2, -0.15) is 0 Å². The van der Waals surface area contributed by atoms with Gasteiger partial charge in [-0.15, -0.1) is 0 Å². The lowest BCUT2D eigenvalue weighted by Gasteiger charge is -2.18. The van der Waals surface area contributed by atoms with E-state index in [0.717, 1.165) is 50.0 Å². The first-order valence-corrected chi connectivity index (χ1v) is 10.0. The van der Waals surface area contributed by atoms with Crippen molar-refractivity contribution < 1.29 is 9.47 Å². The van der Waals surface area contributed by atoms with E-state index < -0.39 is 0 Å². The van der Waals surface area contributed by atoms with E-state index in [1.807, 2.05) is 53.1 Å². The van der Waals surface area contributed by atoms with E-state index in [0.29, 0.717) is 6.54 Å². The summed E-state index contributed by atoms with van der Waals surface area (Å²) in [6, 6.07) is 22.1. The van der Waals surface area contributed by atoms with Gasteiger partial charge in [-0.3, -0.25) is 4.79 Å². The molecular weight excluding hydrogens is 374 g/mol. The SMILES string of the molecule is COc1ccc(Cn2c3c(c4cc(C)ccc4c2=O)C(OC)c2ccccc2-3)cc1. The highest BCUT2D eigenvalue weighted by Crippen LogP contribution is 2.47. The van der Waals surface area contributed by atoms with Crippen LogP contribution in [0.1, 0.15) is 28.4 Å². The molecule has 1 atom stereocenters. The highest BCUT2D eigenvalue weighted by molar-refractivity contribution is 5.94. The average Bonchev–Trinajstić information content (AvgIpc) is 3.11. The van der Waals surface area contributed by atoms with Crippen molar-refractivity contribution in [1.82, 2.24) is 4.57 Å². The Morgan fingerprint density at radius 3 is 2.43 bits per heavy atom. The molecule has 0 bridgehead atoms. The quantitative estimate of drug-likeness (QED) is 0.482. The van der Waals surface area contributed by atoms with E-state index >= 15 is 0 Å². The lowest BCUT2D eigenvalue weighted by atomic mass is 9.99. The van der Waals surface area contributed by atoms with Gasteiger partial charge in [-0.05, 0) is 41.6 Å². The second-order valence-corrected chi connectivity index (χ2v) is 7.75. The number of hydrogen-bond acceptors (Lipinski definition) is 3. The summed E-state index contributed by atoms with van der Waals surface area (Å²) < 4.78 is 13.1. The van der Waals surface area contributed by atoms with Gasteiger partial charge in [-0.1, -0.05) is 54.1 Å². The van der Waals surface area contributed by atoms with Crippen LogP contribution in [0.5, 0.6) is 5.75 Å². The molecule has 30 heavy (non-hydrogen) atoms. The van der Waals surface area contributed by atoms with Crippen molar-refractivity contribution in [2.24, 2.45) is 0 Å². The molecule has 4 nitrogen and oxygen atoms in total. The number of methoxy groups -OCH3 is 2. The number of hydrogen-bond donors (Lipinski definition) is 0. The Hall–Kier alpha value is -3.37. The average molecular weight is 397 g/mol. The molecule has 1 heterocycles. The first-order valence-electron chi connectivity index (χ1n) is 10.0. The molecule has 0 aliphatic heterocycles. The van der Waals surface area contributed by atoms with Crippen LogP contribution in [0.15, 0.2) is 71.5 Å². The number of fused-ring (bicyclic) bond motifs is 5. The third-order valence-electron chi connectivity index (χ3n) is 5.96. The third kappa shape index (κ3) is 2.76. The van der Waals surface area contributed by atoms with Crippen LogP contribution < -0.4 is 10.3 Å². The summed E-state index contributed by atoms with van der Waals surface area (Å²) in [5, 5.41) is 1.70. The molecule has 3 aromatic carbocycles. The van der Waals surface area contributed by atoms with Gasteiger partial charge in [0.05, 0.1) is 19.3 Å². The zero-order valence-electron chi connectivity index (χ0n) is 17.3. The highest BCUT2D eigenvalue weighted by atomic mass is 16.5. The molecule has 0 saturated carbocycles. The number of pyridine rings is 1. The molecule has 0 spiro atoms. The maximum Gasteiger partial charge on any atom is 0.259 e. The molecule has 1 aromatic heterocycles. The molecule has 4 aromatic rings. The van der Waals surface area contributed by atoms with E-state index in [4.69, 9.17) is 9.47 Å². The van der Waals surface area contributed by atoms with Gasteiger partial charge < -0.3 is 14.0 Å². The Labute approximate surface area is 175 Å². The van der Waals surface area contributed by atoms with E-state index in [9.17, 15) is 4.79 Å². The Morgan fingerprint density at radius 1 is 0.933 bits per heavy atom. The summed E-state index contributed by atoms with van der Waals surface area (Å²) in [7, 11) is 3.39. The van der Waals surface area contributed by atoms with Crippen molar-refractivity contribution in [1.29, 1.82) is 0 Å². The van der Waals surface area contributed by atoms with Crippen LogP contribution in [0.2, 0.25) is 0 Å². The Morgan fingerprint density at radius 2 is 1.70 bits per heavy atom. The minimum absolute atomic E-state index is 0.0196. The molecule has 1 aliphatic carbocycles. The molecule has 150 valence electrons. The molecular formula is C26H23NO3. The van der Waals surface area contributed by atoms with Crippen LogP contribution in [0.4, 0.5) is 0 Å². The predicted molar refractivity (Wildman–Crippen MR) is 119 cm³/mol. The molecule has 0 fully saturated rings. The van der Waals surface area contributed by atoms with Gasteiger partial charge >= 0.3 is 0 Å². The van der Waals surface area contributed by atoms with Crippen molar-refractivity contribution in [3.8, 4) is 17.0 Å². The first kappa shape index (κ1) is 18.6. The monoisotopic (exact) mass is 397 g/mol. The molecule has 4 heteroatoms. The molecule has 0 N–H and O–H groups in total. The minimum atomic E-state index is -0.191. The lowest BCUT2D eigenvalue weighted by Crippen LogP contribution is -2.24. The number of benzene rings is 3. The normalized spacial score (nSPS) is 14.6. The van der Waals surface area contributed by atoms with E-state index in [-0.39, 0.29) is 11.7 Å². The first-order chi connectivity index (χ1) is 14.6. The smallest absolute Gasteiger partial charge is 0.259 e. The highest BCUT2D eigenvalue weighted by Gasteiger charge is 2.33. The van der Waals surface area contributed by atoms with E-state index in [2.05, 4.69) is 25.1 Å². The van der Waals surface area contributed by atoms with Crippen LogP contribution in [0.25, 0.3) is 22.0 Å². The fraction of sp³-hybridized carbons (Fsp3) is 0.192. The van der Waals surface area contributed by atoms with Crippen LogP contribution in [0, 0.1) is 6.92 Å². The summed E-state index contributed by atoms with van der Waals surface area (Å²) in [5.41, 5.74) is 6.39. The molecule has 0 radical (unpaired) electrons.